The summed E-state index contributed by atoms with van der Waals surface area (Å²) in [6, 6.07) is 9.62. The second-order valence-corrected chi connectivity index (χ2v) is 7.95. The molecule has 114 valence electrons. The molecular weight excluding hydrogens is 262 g/mol. The number of rotatable bonds is 8. The summed E-state index contributed by atoms with van der Waals surface area (Å²) in [6.07, 6.45) is 3.65. The summed E-state index contributed by atoms with van der Waals surface area (Å²) in [5.41, 5.74) is 1.84. The van der Waals surface area contributed by atoms with Crippen LogP contribution in [0.3, 0.4) is 0 Å². The van der Waals surface area contributed by atoms with Crippen molar-refractivity contribution in [2.75, 3.05) is 12.3 Å². The zero-order chi connectivity index (χ0) is 15.0. The third-order valence-electron chi connectivity index (χ3n) is 3.42. The molecule has 2 heteroatoms. The minimum atomic E-state index is 0.407. The zero-order valence-electron chi connectivity index (χ0n) is 13.8. The van der Waals surface area contributed by atoms with Crippen molar-refractivity contribution in [2.45, 2.75) is 64.8 Å². The van der Waals surface area contributed by atoms with Crippen LogP contribution in [-0.2, 0) is 0 Å². The summed E-state index contributed by atoms with van der Waals surface area (Å²) in [5, 5.41) is 3.70. The van der Waals surface area contributed by atoms with E-state index in [1.54, 1.807) is 0 Å². The Hall–Kier alpha value is -0.470. The van der Waals surface area contributed by atoms with E-state index in [1.807, 2.05) is 11.8 Å². The number of benzene rings is 1. The first-order valence-electron chi connectivity index (χ1n) is 7.92. The van der Waals surface area contributed by atoms with Gasteiger partial charge >= 0.3 is 0 Å². The molecule has 0 saturated carbocycles. The molecule has 0 fully saturated rings. The van der Waals surface area contributed by atoms with Crippen LogP contribution in [0.1, 0.15) is 65.5 Å². The highest BCUT2D eigenvalue weighted by Gasteiger charge is 2.16. The molecule has 0 aromatic heterocycles. The van der Waals surface area contributed by atoms with Crippen LogP contribution in [0.15, 0.2) is 29.2 Å². The number of thioether (sulfide) groups is 1. The Morgan fingerprint density at radius 2 is 1.75 bits per heavy atom. The monoisotopic (exact) mass is 293 g/mol. The van der Waals surface area contributed by atoms with E-state index in [-0.39, 0.29) is 0 Å². The average molecular weight is 294 g/mol. The Bertz CT molecular complexity index is 364. The first-order chi connectivity index (χ1) is 9.46. The number of hydrogen-bond acceptors (Lipinski definition) is 2. The van der Waals surface area contributed by atoms with Crippen LogP contribution >= 0.6 is 11.8 Å². The summed E-state index contributed by atoms with van der Waals surface area (Å²) in [6.45, 7) is 12.5. The van der Waals surface area contributed by atoms with Gasteiger partial charge in [0.05, 0.1) is 0 Å². The van der Waals surface area contributed by atoms with Crippen LogP contribution in [0.25, 0.3) is 0 Å². The van der Waals surface area contributed by atoms with Gasteiger partial charge in [0.1, 0.15) is 0 Å². The molecule has 0 aliphatic carbocycles. The van der Waals surface area contributed by atoms with Crippen molar-refractivity contribution in [3.8, 4) is 0 Å². The molecule has 1 atom stereocenters. The van der Waals surface area contributed by atoms with Gasteiger partial charge < -0.3 is 5.32 Å². The molecule has 1 unspecified atom stereocenters. The van der Waals surface area contributed by atoms with E-state index >= 15 is 0 Å². The molecule has 1 aromatic carbocycles. The van der Waals surface area contributed by atoms with Crippen LogP contribution in [0.4, 0.5) is 0 Å². The molecule has 0 aliphatic heterocycles. The number of hydrogen-bond donors (Lipinski definition) is 1. The van der Waals surface area contributed by atoms with E-state index in [0.717, 1.165) is 12.3 Å². The van der Waals surface area contributed by atoms with E-state index in [9.17, 15) is 0 Å². The van der Waals surface area contributed by atoms with Crippen LogP contribution in [0.2, 0.25) is 0 Å². The minimum Gasteiger partial charge on any atom is -0.310 e. The fraction of sp³-hybridized carbons (Fsp3) is 0.667. The molecule has 0 radical (unpaired) electrons. The average Bonchev–Trinajstić information content (AvgIpc) is 2.39. The van der Waals surface area contributed by atoms with Crippen molar-refractivity contribution in [1.29, 1.82) is 0 Å². The molecule has 0 amide bonds. The van der Waals surface area contributed by atoms with E-state index in [2.05, 4.69) is 64.2 Å². The van der Waals surface area contributed by atoms with Gasteiger partial charge in [-0.25, -0.2) is 0 Å². The molecule has 0 heterocycles. The molecule has 1 aromatic rings. The minimum absolute atomic E-state index is 0.407. The van der Waals surface area contributed by atoms with E-state index in [1.165, 1.54) is 29.7 Å². The van der Waals surface area contributed by atoms with Crippen LogP contribution in [-0.4, -0.2) is 12.3 Å². The molecule has 0 aliphatic rings. The predicted octanol–water partition coefficient (Wildman–Crippen LogP) is 5.67. The lowest BCUT2D eigenvalue weighted by Gasteiger charge is -2.24. The summed E-state index contributed by atoms with van der Waals surface area (Å²) in [7, 11) is 0. The van der Waals surface area contributed by atoms with Crippen LogP contribution in [0.5, 0.6) is 0 Å². The summed E-state index contributed by atoms with van der Waals surface area (Å²) >= 11 is 1.91. The summed E-state index contributed by atoms with van der Waals surface area (Å²) in [5.74, 6) is 1.14. The van der Waals surface area contributed by atoms with Gasteiger partial charge in [-0.2, -0.15) is 0 Å². The van der Waals surface area contributed by atoms with Crippen molar-refractivity contribution in [3.05, 3.63) is 29.8 Å². The quantitative estimate of drug-likeness (QED) is 0.620. The van der Waals surface area contributed by atoms with Gasteiger partial charge in [0.15, 0.2) is 0 Å². The maximum Gasteiger partial charge on any atom is 0.0320 e. The maximum atomic E-state index is 3.70. The van der Waals surface area contributed by atoms with Gasteiger partial charge in [-0.05, 0) is 54.7 Å². The van der Waals surface area contributed by atoms with Gasteiger partial charge in [-0.15, -0.1) is 11.8 Å². The van der Waals surface area contributed by atoms with Gasteiger partial charge in [-0.1, -0.05) is 46.8 Å². The molecule has 0 bridgehead atoms. The lowest BCUT2D eigenvalue weighted by molar-refractivity contribution is 0.332. The van der Waals surface area contributed by atoms with Gasteiger partial charge in [-0.3, -0.25) is 0 Å². The second kappa shape index (κ2) is 8.74. The Balaban J connectivity index is 2.70. The molecule has 1 nitrogen and oxygen atoms in total. The third-order valence-corrected chi connectivity index (χ3v) is 4.31. The number of nitrogens with one attached hydrogen (secondary N) is 1. The van der Waals surface area contributed by atoms with Gasteiger partial charge in [0, 0.05) is 10.9 Å². The SMILES string of the molecule is CCCNC(CCC(C)(C)C)c1ccc(SCC)cc1. The standard InChI is InChI=1S/C18H31NS/c1-6-14-19-17(12-13-18(3,4)5)15-8-10-16(11-9-15)20-7-2/h8-11,17,19H,6-7,12-14H2,1-5H3. The van der Waals surface area contributed by atoms with Gasteiger partial charge in [0.2, 0.25) is 0 Å². The smallest absolute Gasteiger partial charge is 0.0320 e. The van der Waals surface area contributed by atoms with E-state index < -0.39 is 0 Å². The summed E-state index contributed by atoms with van der Waals surface area (Å²) < 4.78 is 0. The lowest BCUT2D eigenvalue weighted by Crippen LogP contribution is -2.23. The molecule has 20 heavy (non-hydrogen) atoms. The van der Waals surface area contributed by atoms with Crippen LogP contribution < -0.4 is 5.32 Å². The topological polar surface area (TPSA) is 12.0 Å². The highest BCUT2D eigenvalue weighted by molar-refractivity contribution is 7.99. The van der Waals surface area contributed by atoms with Crippen molar-refractivity contribution in [1.82, 2.24) is 5.32 Å². The Labute approximate surface area is 129 Å². The molecule has 0 saturated heterocycles. The van der Waals surface area contributed by atoms with E-state index in [4.69, 9.17) is 0 Å². The van der Waals surface area contributed by atoms with Crippen molar-refractivity contribution >= 4 is 11.8 Å². The Morgan fingerprint density at radius 3 is 2.25 bits per heavy atom. The molecule has 1 N–H and O–H groups in total. The van der Waals surface area contributed by atoms with Crippen LogP contribution in [0, 0.1) is 5.41 Å². The summed E-state index contributed by atoms with van der Waals surface area (Å²) in [4.78, 5) is 1.38. The zero-order valence-corrected chi connectivity index (χ0v) is 14.6. The third kappa shape index (κ3) is 6.81. The van der Waals surface area contributed by atoms with Crippen molar-refractivity contribution < 1.29 is 0 Å². The molecular formula is C18H31NS. The van der Waals surface area contributed by atoms with Gasteiger partial charge in [0.25, 0.3) is 0 Å². The Kier molecular flexibility index (Phi) is 7.68. The first kappa shape index (κ1) is 17.6. The Morgan fingerprint density at radius 1 is 1.10 bits per heavy atom. The lowest BCUT2D eigenvalue weighted by atomic mass is 9.87. The first-order valence-corrected chi connectivity index (χ1v) is 8.91. The molecule has 0 spiro atoms. The van der Waals surface area contributed by atoms with Crippen molar-refractivity contribution in [3.63, 3.8) is 0 Å². The highest BCUT2D eigenvalue weighted by Crippen LogP contribution is 2.28. The highest BCUT2D eigenvalue weighted by atomic mass is 32.2. The predicted molar refractivity (Wildman–Crippen MR) is 92.6 cm³/mol. The largest absolute Gasteiger partial charge is 0.310 e. The fourth-order valence-electron chi connectivity index (χ4n) is 2.25. The normalized spacial score (nSPS) is 13.4. The van der Waals surface area contributed by atoms with E-state index in [0.29, 0.717) is 11.5 Å². The van der Waals surface area contributed by atoms with Crippen molar-refractivity contribution in [2.24, 2.45) is 5.41 Å². The fourth-order valence-corrected chi connectivity index (χ4v) is 2.91. The molecule has 1 rings (SSSR count). The maximum absolute atomic E-state index is 3.70. The second-order valence-electron chi connectivity index (χ2n) is 6.61.